The lowest BCUT2D eigenvalue weighted by Gasteiger charge is -2.19. The van der Waals surface area contributed by atoms with Gasteiger partial charge in [0.15, 0.2) is 0 Å². The maximum Gasteiger partial charge on any atom is 0.0974 e. The Hall–Kier alpha value is -5.34. The zero-order chi connectivity index (χ0) is 28.2. The van der Waals surface area contributed by atoms with Crippen LogP contribution in [0.2, 0.25) is 0 Å². The van der Waals surface area contributed by atoms with E-state index in [1.807, 2.05) is 13.8 Å². The Morgan fingerprint density at radius 2 is 0.905 bits per heavy atom. The Labute approximate surface area is 244 Å². The molecule has 0 aliphatic carbocycles. The minimum absolute atomic E-state index is 0.957. The van der Waals surface area contributed by atoms with E-state index in [0.717, 1.165) is 33.2 Å². The van der Waals surface area contributed by atoms with Crippen molar-refractivity contribution in [3.63, 3.8) is 0 Å². The van der Waals surface area contributed by atoms with Crippen molar-refractivity contribution in [2.75, 3.05) is 0 Å². The molecule has 8 aromatic rings. The smallest absolute Gasteiger partial charge is 0.0974 e. The summed E-state index contributed by atoms with van der Waals surface area (Å²) in [5, 5.41) is 7.24. The second-order valence-electron chi connectivity index (χ2n) is 11.1. The molecule has 6 aromatic carbocycles. The summed E-state index contributed by atoms with van der Waals surface area (Å²) in [5.74, 6) is 0. The third-order valence-electron chi connectivity index (χ3n) is 8.37. The van der Waals surface area contributed by atoms with Crippen molar-refractivity contribution in [3.8, 4) is 33.4 Å². The molecule has 0 saturated carbocycles. The number of hydrogen-bond donors (Lipinski definition) is 0. The standard InChI is InChI=1S/C40H28N2/c1-25-17-19-30-24-35(34-21-18-26(2)42-40(34)39(30)41-25)29-20-22-33-36(23-29)38(28-13-7-4-8-14-28)32-16-10-9-15-31(32)37(33)27-11-5-3-6-12-27/h3-24H,1-2H3. The van der Waals surface area contributed by atoms with Gasteiger partial charge in [0.25, 0.3) is 0 Å². The van der Waals surface area contributed by atoms with E-state index < -0.39 is 0 Å². The molecule has 0 atom stereocenters. The lowest BCUT2D eigenvalue weighted by molar-refractivity contribution is 1.23. The van der Waals surface area contributed by atoms with Gasteiger partial charge in [-0.1, -0.05) is 109 Å². The summed E-state index contributed by atoms with van der Waals surface area (Å²) in [6, 6.07) is 48.2. The van der Waals surface area contributed by atoms with Crippen LogP contribution in [0.1, 0.15) is 11.4 Å². The molecule has 42 heavy (non-hydrogen) atoms. The number of fused-ring (bicyclic) bond motifs is 5. The van der Waals surface area contributed by atoms with Crippen LogP contribution >= 0.6 is 0 Å². The van der Waals surface area contributed by atoms with Gasteiger partial charge in [-0.05, 0) is 93.0 Å². The number of benzene rings is 6. The molecule has 2 nitrogen and oxygen atoms in total. The number of pyridine rings is 2. The van der Waals surface area contributed by atoms with E-state index in [9.17, 15) is 0 Å². The van der Waals surface area contributed by atoms with Gasteiger partial charge in [0.1, 0.15) is 0 Å². The first-order valence-corrected chi connectivity index (χ1v) is 14.4. The van der Waals surface area contributed by atoms with Gasteiger partial charge >= 0.3 is 0 Å². The molecular weight excluding hydrogens is 508 g/mol. The van der Waals surface area contributed by atoms with Gasteiger partial charge in [-0.25, -0.2) is 0 Å². The molecule has 8 rings (SSSR count). The van der Waals surface area contributed by atoms with E-state index >= 15 is 0 Å². The average molecular weight is 537 g/mol. The van der Waals surface area contributed by atoms with Crippen LogP contribution in [0.5, 0.6) is 0 Å². The maximum absolute atomic E-state index is 4.99. The molecule has 0 bridgehead atoms. The molecule has 2 heteroatoms. The Morgan fingerprint density at radius 3 is 1.57 bits per heavy atom. The molecule has 0 fully saturated rings. The summed E-state index contributed by atoms with van der Waals surface area (Å²) in [4.78, 5) is 9.89. The van der Waals surface area contributed by atoms with Crippen molar-refractivity contribution in [3.05, 3.63) is 145 Å². The monoisotopic (exact) mass is 536 g/mol. The van der Waals surface area contributed by atoms with Crippen LogP contribution in [0.25, 0.3) is 76.7 Å². The van der Waals surface area contributed by atoms with E-state index in [-0.39, 0.29) is 0 Å². The van der Waals surface area contributed by atoms with Crippen molar-refractivity contribution in [2.45, 2.75) is 13.8 Å². The lowest BCUT2D eigenvalue weighted by atomic mass is 9.84. The molecule has 0 radical (unpaired) electrons. The molecule has 2 aromatic heterocycles. The van der Waals surface area contributed by atoms with Gasteiger partial charge in [-0.3, -0.25) is 9.97 Å². The summed E-state index contributed by atoms with van der Waals surface area (Å²) < 4.78 is 0. The van der Waals surface area contributed by atoms with Gasteiger partial charge in [0, 0.05) is 22.2 Å². The number of rotatable bonds is 3. The van der Waals surface area contributed by atoms with Crippen LogP contribution in [0, 0.1) is 13.8 Å². The van der Waals surface area contributed by atoms with Crippen molar-refractivity contribution in [2.24, 2.45) is 0 Å². The summed E-state index contributed by atoms with van der Waals surface area (Å²) in [6.07, 6.45) is 0. The molecular formula is C40H28N2. The third kappa shape index (κ3) is 3.88. The molecule has 0 aliphatic rings. The highest BCUT2D eigenvalue weighted by Crippen LogP contribution is 2.45. The fourth-order valence-electron chi connectivity index (χ4n) is 6.48. The van der Waals surface area contributed by atoms with Gasteiger partial charge < -0.3 is 0 Å². The van der Waals surface area contributed by atoms with E-state index in [0.29, 0.717) is 0 Å². The van der Waals surface area contributed by atoms with Crippen molar-refractivity contribution in [1.29, 1.82) is 0 Å². The number of aromatic nitrogens is 2. The molecule has 0 spiro atoms. The third-order valence-corrected chi connectivity index (χ3v) is 8.37. The first-order chi connectivity index (χ1) is 20.7. The topological polar surface area (TPSA) is 25.8 Å². The van der Waals surface area contributed by atoms with E-state index in [2.05, 4.69) is 133 Å². The highest BCUT2D eigenvalue weighted by Gasteiger charge is 2.18. The van der Waals surface area contributed by atoms with E-state index in [1.54, 1.807) is 0 Å². The highest BCUT2D eigenvalue weighted by atomic mass is 14.8. The van der Waals surface area contributed by atoms with Gasteiger partial charge in [-0.2, -0.15) is 0 Å². The van der Waals surface area contributed by atoms with Crippen molar-refractivity contribution in [1.82, 2.24) is 9.97 Å². The minimum Gasteiger partial charge on any atom is -0.251 e. The highest BCUT2D eigenvalue weighted by molar-refractivity contribution is 6.22. The van der Waals surface area contributed by atoms with E-state index in [1.165, 1.54) is 54.9 Å². The zero-order valence-corrected chi connectivity index (χ0v) is 23.6. The fourth-order valence-corrected chi connectivity index (χ4v) is 6.48. The van der Waals surface area contributed by atoms with Crippen LogP contribution in [0.4, 0.5) is 0 Å². The van der Waals surface area contributed by atoms with Gasteiger partial charge in [0.2, 0.25) is 0 Å². The number of aryl methyl sites for hydroxylation is 2. The molecule has 0 unspecified atom stereocenters. The molecule has 0 amide bonds. The Balaban J connectivity index is 1.52. The lowest BCUT2D eigenvalue weighted by Crippen LogP contribution is -1.94. The van der Waals surface area contributed by atoms with Crippen LogP contribution in [0.3, 0.4) is 0 Å². The summed E-state index contributed by atoms with van der Waals surface area (Å²) in [5.41, 5.74) is 11.2. The first-order valence-electron chi connectivity index (χ1n) is 14.4. The predicted octanol–water partition coefficient (Wildman–Crippen LogP) is 10.7. The van der Waals surface area contributed by atoms with Crippen molar-refractivity contribution < 1.29 is 0 Å². The Kier molecular flexibility index (Phi) is 5.61. The number of hydrogen-bond acceptors (Lipinski definition) is 2. The first kappa shape index (κ1) is 24.5. The van der Waals surface area contributed by atoms with Crippen LogP contribution in [-0.4, -0.2) is 9.97 Å². The van der Waals surface area contributed by atoms with E-state index in [4.69, 9.17) is 9.97 Å². The molecule has 0 N–H and O–H groups in total. The molecule has 0 saturated heterocycles. The number of nitrogens with zero attached hydrogens (tertiary/aromatic N) is 2. The van der Waals surface area contributed by atoms with Gasteiger partial charge in [0.05, 0.1) is 11.0 Å². The average Bonchev–Trinajstić information content (AvgIpc) is 3.04. The SMILES string of the molecule is Cc1ccc2cc(-c3ccc4c(-c5ccccc5)c5ccccc5c(-c5ccccc5)c4c3)c3ccc(C)nc3c2n1. The molecule has 0 aliphatic heterocycles. The maximum atomic E-state index is 4.99. The Bertz CT molecular complexity index is 2300. The van der Waals surface area contributed by atoms with Crippen LogP contribution in [-0.2, 0) is 0 Å². The Morgan fingerprint density at radius 1 is 0.381 bits per heavy atom. The second-order valence-corrected chi connectivity index (χ2v) is 11.1. The fraction of sp³-hybridized carbons (Fsp3) is 0.0500. The molecule has 2 heterocycles. The quantitative estimate of drug-likeness (QED) is 0.166. The van der Waals surface area contributed by atoms with Crippen LogP contribution < -0.4 is 0 Å². The molecule has 198 valence electrons. The predicted molar refractivity (Wildman–Crippen MR) is 178 cm³/mol. The summed E-state index contributed by atoms with van der Waals surface area (Å²) >= 11 is 0. The normalized spacial score (nSPS) is 11.6. The minimum atomic E-state index is 0.957. The van der Waals surface area contributed by atoms with Crippen LogP contribution in [0.15, 0.2) is 133 Å². The van der Waals surface area contributed by atoms with Gasteiger partial charge in [-0.15, -0.1) is 0 Å². The van der Waals surface area contributed by atoms with Crippen molar-refractivity contribution >= 4 is 43.4 Å². The second kappa shape index (κ2) is 9.64. The largest absolute Gasteiger partial charge is 0.251 e. The summed E-state index contributed by atoms with van der Waals surface area (Å²) in [7, 11) is 0. The summed E-state index contributed by atoms with van der Waals surface area (Å²) in [6.45, 7) is 4.09. The zero-order valence-electron chi connectivity index (χ0n) is 23.6.